The zero-order valence-corrected chi connectivity index (χ0v) is 15.6. The molecule has 0 atom stereocenters. The highest BCUT2D eigenvalue weighted by Crippen LogP contribution is 2.15. The summed E-state index contributed by atoms with van der Waals surface area (Å²) < 4.78 is 5.24. The van der Waals surface area contributed by atoms with Gasteiger partial charge in [0, 0.05) is 13.1 Å². The Morgan fingerprint density at radius 2 is 1.55 bits per heavy atom. The monoisotopic (exact) mass is 314 g/mol. The lowest BCUT2D eigenvalue weighted by molar-refractivity contribution is -0.137. The number of rotatable bonds is 7. The Labute approximate surface area is 135 Å². The van der Waals surface area contributed by atoms with Crippen LogP contribution in [0.5, 0.6) is 0 Å². The zero-order valence-electron chi connectivity index (χ0n) is 15.6. The first-order valence-electron chi connectivity index (χ1n) is 8.27. The summed E-state index contributed by atoms with van der Waals surface area (Å²) in [5.74, 6) is 0.411. The minimum atomic E-state index is -0.982. The molecule has 1 N–H and O–H groups in total. The van der Waals surface area contributed by atoms with Gasteiger partial charge in [0.25, 0.3) is 0 Å². The zero-order chi connectivity index (χ0) is 17.6. The Morgan fingerprint density at radius 3 is 1.91 bits per heavy atom. The van der Waals surface area contributed by atoms with E-state index in [1.807, 2.05) is 11.8 Å². The molecule has 0 aromatic carbocycles. The topological polar surface area (TPSA) is 58.6 Å². The lowest BCUT2D eigenvalue weighted by Gasteiger charge is -2.34. The van der Waals surface area contributed by atoms with Crippen molar-refractivity contribution in [2.75, 3.05) is 13.1 Å². The second-order valence-electron chi connectivity index (χ2n) is 7.28. The molecular formula is C17H34N2O3. The van der Waals surface area contributed by atoms with Crippen LogP contribution in [0.2, 0.25) is 0 Å². The van der Waals surface area contributed by atoms with Gasteiger partial charge < -0.3 is 15.0 Å². The number of hydrogen-bond acceptors (Lipinski definition) is 3. The average molecular weight is 314 g/mol. The summed E-state index contributed by atoms with van der Waals surface area (Å²) in [6, 6.07) is 0. The fourth-order valence-electron chi connectivity index (χ4n) is 2.22. The lowest BCUT2D eigenvalue weighted by atomic mass is 9.99. The van der Waals surface area contributed by atoms with Gasteiger partial charge in [0.2, 0.25) is 5.91 Å². The van der Waals surface area contributed by atoms with Crippen LogP contribution in [0.15, 0.2) is 0 Å². The average Bonchev–Trinajstić information content (AvgIpc) is 2.36. The van der Waals surface area contributed by atoms with Crippen molar-refractivity contribution in [2.24, 2.45) is 5.92 Å². The van der Waals surface area contributed by atoms with Crippen molar-refractivity contribution in [3.8, 4) is 0 Å². The molecule has 130 valence electrons. The quantitative estimate of drug-likeness (QED) is 0.781. The van der Waals surface area contributed by atoms with Crippen molar-refractivity contribution in [3.05, 3.63) is 0 Å². The minimum absolute atomic E-state index is 0.0761. The summed E-state index contributed by atoms with van der Waals surface area (Å²) in [6.07, 6.45) is 1.52. The summed E-state index contributed by atoms with van der Waals surface area (Å²) in [5.41, 5.74) is -1.56. The van der Waals surface area contributed by atoms with Gasteiger partial charge in [-0.05, 0) is 47.5 Å². The highest BCUT2D eigenvalue weighted by atomic mass is 16.6. The fraction of sp³-hybridized carbons (Fsp3) is 0.882. The lowest BCUT2D eigenvalue weighted by Crippen LogP contribution is -2.57. The maximum Gasteiger partial charge on any atom is 0.408 e. The highest BCUT2D eigenvalue weighted by Gasteiger charge is 2.35. The standard InChI is InChI=1S/C17H34N2O3/c1-9-13(10-2)12-19(11-3)14(20)17(7,8)18-15(21)22-16(4,5)6/h13H,9-12H2,1-8H3,(H,18,21). The molecular weight excluding hydrogens is 280 g/mol. The molecule has 0 saturated carbocycles. The van der Waals surface area contributed by atoms with E-state index in [9.17, 15) is 9.59 Å². The van der Waals surface area contributed by atoms with Gasteiger partial charge in [0.05, 0.1) is 0 Å². The van der Waals surface area contributed by atoms with E-state index in [1.165, 1.54) is 0 Å². The Morgan fingerprint density at radius 1 is 1.05 bits per heavy atom. The van der Waals surface area contributed by atoms with Crippen molar-refractivity contribution in [1.82, 2.24) is 10.2 Å². The van der Waals surface area contributed by atoms with Gasteiger partial charge in [-0.3, -0.25) is 4.79 Å². The van der Waals surface area contributed by atoms with E-state index >= 15 is 0 Å². The van der Waals surface area contributed by atoms with Gasteiger partial charge in [0.15, 0.2) is 0 Å². The number of nitrogens with zero attached hydrogens (tertiary/aromatic N) is 1. The van der Waals surface area contributed by atoms with E-state index in [2.05, 4.69) is 19.2 Å². The van der Waals surface area contributed by atoms with Crippen LogP contribution in [0.3, 0.4) is 0 Å². The second-order valence-corrected chi connectivity index (χ2v) is 7.28. The fourth-order valence-corrected chi connectivity index (χ4v) is 2.22. The summed E-state index contributed by atoms with van der Waals surface area (Å²) in [4.78, 5) is 26.5. The maximum absolute atomic E-state index is 12.7. The van der Waals surface area contributed by atoms with Gasteiger partial charge in [-0.1, -0.05) is 26.7 Å². The van der Waals surface area contributed by atoms with Crippen LogP contribution in [-0.4, -0.2) is 41.1 Å². The first-order valence-corrected chi connectivity index (χ1v) is 8.27. The number of carbonyl (C=O) groups excluding carboxylic acids is 2. The predicted molar refractivity (Wildman–Crippen MR) is 89.8 cm³/mol. The van der Waals surface area contributed by atoms with Crippen molar-refractivity contribution in [2.45, 2.75) is 79.4 Å². The normalized spacial score (nSPS) is 12.2. The Bertz CT molecular complexity index is 369. The molecule has 0 heterocycles. The molecule has 22 heavy (non-hydrogen) atoms. The molecule has 0 aromatic rings. The smallest absolute Gasteiger partial charge is 0.408 e. The molecule has 0 aliphatic heterocycles. The van der Waals surface area contributed by atoms with Crippen molar-refractivity contribution < 1.29 is 14.3 Å². The van der Waals surface area contributed by atoms with Gasteiger partial charge in [0.1, 0.15) is 11.1 Å². The summed E-state index contributed by atoms with van der Waals surface area (Å²) in [7, 11) is 0. The Hall–Kier alpha value is -1.26. The van der Waals surface area contributed by atoms with Crippen LogP contribution in [-0.2, 0) is 9.53 Å². The summed E-state index contributed by atoms with van der Waals surface area (Å²) >= 11 is 0. The van der Waals surface area contributed by atoms with Gasteiger partial charge in [-0.15, -0.1) is 0 Å². The number of hydrogen-bond donors (Lipinski definition) is 1. The third-order valence-corrected chi connectivity index (χ3v) is 3.65. The Balaban J connectivity index is 4.86. The number of ether oxygens (including phenoxy) is 1. The number of nitrogens with one attached hydrogen (secondary N) is 1. The van der Waals surface area contributed by atoms with Crippen LogP contribution in [0.4, 0.5) is 4.79 Å². The second kappa shape index (κ2) is 8.39. The minimum Gasteiger partial charge on any atom is -0.444 e. The number of carbonyl (C=O) groups is 2. The van der Waals surface area contributed by atoms with Crippen molar-refractivity contribution in [1.29, 1.82) is 0 Å². The molecule has 5 nitrogen and oxygen atoms in total. The van der Waals surface area contributed by atoms with E-state index in [-0.39, 0.29) is 5.91 Å². The molecule has 0 saturated heterocycles. The number of alkyl carbamates (subject to hydrolysis) is 1. The Kier molecular flexibility index (Phi) is 7.91. The molecule has 0 bridgehead atoms. The first kappa shape index (κ1) is 20.7. The molecule has 5 heteroatoms. The van der Waals surface area contributed by atoms with Crippen LogP contribution in [0.1, 0.15) is 68.2 Å². The molecule has 0 aromatic heterocycles. The number of amides is 2. The van der Waals surface area contributed by atoms with E-state index < -0.39 is 17.2 Å². The van der Waals surface area contributed by atoms with Crippen molar-refractivity contribution in [3.63, 3.8) is 0 Å². The molecule has 0 aliphatic rings. The molecule has 0 unspecified atom stereocenters. The summed E-state index contributed by atoms with van der Waals surface area (Å²) in [5, 5.41) is 2.68. The van der Waals surface area contributed by atoms with E-state index in [0.29, 0.717) is 12.5 Å². The molecule has 0 aliphatic carbocycles. The molecule has 0 fully saturated rings. The van der Waals surface area contributed by atoms with Crippen LogP contribution < -0.4 is 5.32 Å². The van der Waals surface area contributed by atoms with Gasteiger partial charge in [-0.25, -0.2) is 4.79 Å². The predicted octanol–water partition coefficient (Wildman–Crippen LogP) is 3.57. The maximum atomic E-state index is 12.7. The van der Waals surface area contributed by atoms with E-state index in [0.717, 1.165) is 19.4 Å². The largest absolute Gasteiger partial charge is 0.444 e. The first-order chi connectivity index (χ1) is 9.96. The third kappa shape index (κ3) is 7.14. The highest BCUT2D eigenvalue weighted by molar-refractivity contribution is 5.89. The number of likely N-dealkylation sites (N-methyl/N-ethyl adjacent to an activating group) is 1. The third-order valence-electron chi connectivity index (χ3n) is 3.65. The SMILES string of the molecule is CCC(CC)CN(CC)C(=O)C(C)(C)NC(=O)OC(C)(C)C. The van der Waals surface area contributed by atoms with E-state index in [4.69, 9.17) is 4.74 Å². The van der Waals surface area contributed by atoms with Gasteiger partial charge in [-0.2, -0.15) is 0 Å². The molecule has 2 amide bonds. The van der Waals surface area contributed by atoms with Gasteiger partial charge >= 0.3 is 6.09 Å². The van der Waals surface area contributed by atoms with Crippen LogP contribution in [0.25, 0.3) is 0 Å². The molecule has 0 spiro atoms. The molecule has 0 radical (unpaired) electrons. The summed E-state index contributed by atoms with van der Waals surface area (Å²) in [6.45, 7) is 16.4. The van der Waals surface area contributed by atoms with Crippen LogP contribution >= 0.6 is 0 Å². The van der Waals surface area contributed by atoms with Crippen molar-refractivity contribution >= 4 is 12.0 Å². The van der Waals surface area contributed by atoms with E-state index in [1.54, 1.807) is 34.6 Å². The van der Waals surface area contributed by atoms with Crippen LogP contribution in [0, 0.1) is 5.92 Å². The molecule has 0 rings (SSSR count).